The molecular formula is C15H21N3O3. The van der Waals surface area contributed by atoms with Crippen LogP contribution in [0.2, 0.25) is 0 Å². The summed E-state index contributed by atoms with van der Waals surface area (Å²) in [6, 6.07) is 9.02. The molecule has 1 aliphatic heterocycles. The Morgan fingerprint density at radius 2 is 2.10 bits per heavy atom. The normalized spacial score (nSPS) is 22.1. The summed E-state index contributed by atoms with van der Waals surface area (Å²) in [5.74, 6) is -1.02. The number of carbonyl (C=O) groups is 1. The fraction of sp³-hybridized carbons (Fsp3) is 0.467. The van der Waals surface area contributed by atoms with Crippen LogP contribution in [0.1, 0.15) is 24.8 Å². The Labute approximate surface area is 123 Å². The van der Waals surface area contributed by atoms with Gasteiger partial charge in [0.05, 0.1) is 6.10 Å². The predicted molar refractivity (Wildman–Crippen MR) is 79.0 cm³/mol. The Morgan fingerprint density at radius 3 is 2.62 bits per heavy atom. The highest BCUT2D eigenvalue weighted by molar-refractivity contribution is 6.07. The van der Waals surface area contributed by atoms with Crippen LogP contribution in [0.4, 0.5) is 0 Å². The van der Waals surface area contributed by atoms with Crippen molar-refractivity contribution in [1.29, 1.82) is 0 Å². The molecule has 21 heavy (non-hydrogen) atoms. The molecule has 0 spiro atoms. The van der Waals surface area contributed by atoms with Crippen molar-refractivity contribution in [3.05, 3.63) is 35.9 Å². The zero-order chi connectivity index (χ0) is 15.4. The Morgan fingerprint density at radius 1 is 1.43 bits per heavy atom. The van der Waals surface area contributed by atoms with Crippen molar-refractivity contribution in [3.8, 4) is 0 Å². The van der Waals surface area contributed by atoms with Crippen LogP contribution < -0.4 is 5.73 Å². The number of aliphatic hydroxyl groups excluding tert-OH is 1. The number of amidine groups is 1. The molecule has 6 heteroatoms. The van der Waals surface area contributed by atoms with Crippen LogP contribution in [0.5, 0.6) is 0 Å². The lowest BCUT2D eigenvalue weighted by atomic mass is 9.96. The lowest BCUT2D eigenvalue weighted by Gasteiger charge is -2.23. The summed E-state index contributed by atoms with van der Waals surface area (Å²) in [5.41, 5.74) is 6.41. The van der Waals surface area contributed by atoms with Gasteiger partial charge in [-0.1, -0.05) is 35.5 Å². The van der Waals surface area contributed by atoms with Crippen molar-refractivity contribution in [2.24, 2.45) is 16.8 Å². The van der Waals surface area contributed by atoms with Crippen LogP contribution >= 0.6 is 0 Å². The number of aliphatic hydroxyl groups is 1. The minimum atomic E-state index is -0.788. The summed E-state index contributed by atoms with van der Waals surface area (Å²) in [6.07, 6.45) is 0.322. The third-order valence-electron chi connectivity index (χ3n) is 4.01. The summed E-state index contributed by atoms with van der Waals surface area (Å²) in [5, 5.41) is 21.6. The predicted octanol–water partition coefficient (Wildman–Crippen LogP) is 0.746. The molecule has 1 amide bonds. The maximum absolute atomic E-state index is 12.7. The number of amides is 1. The standard InChI is InChI=1S/C15H21N3O3/c1-10(19)12-7-8-18(9-12)15(20)13(14(16)17-21)11-5-3-2-4-6-11/h2-6,10,12-13,19,21H,7-9H2,1H3,(H2,16,17). The third kappa shape index (κ3) is 3.33. The first kappa shape index (κ1) is 15.3. The molecule has 2 rings (SSSR count). The van der Waals surface area contributed by atoms with Gasteiger partial charge in [-0.2, -0.15) is 0 Å². The average molecular weight is 291 g/mol. The van der Waals surface area contributed by atoms with E-state index in [0.717, 1.165) is 6.42 Å². The number of nitrogens with zero attached hydrogens (tertiary/aromatic N) is 2. The van der Waals surface area contributed by atoms with Gasteiger partial charge in [0, 0.05) is 19.0 Å². The van der Waals surface area contributed by atoms with Crippen LogP contribution in [0.15, 0.2) is 35.5 Å². The Balaban J connectivity index is 2.21. The van der Waals surface area contributed by atoms with E-state index in [9.17, 15) is 9.90 Å². The molecule has 0 radical (unpaired) electrons. The van der Waals surface area contributed by atoms with Crippen molar-refractivity contribution in [2.45, 2.75) is 25.4 Å². The van der Waals surface area contributed by atoms with E-state index >= 15 is 0 Å². The number of hydrogen-bond donors (Lipinski definition) is 3. The van der Waals surface area contributed by atoms with Gasteiger partial charge >= 0.3 is 0 Å². The number of benzene rings is 1. The number of hydrogen-bond acceptors (Lipinski definition) is 4. The molecule has 6 nitrogen and oxygen atoms in total. The average Bonchev–Trinajstić information content (AvgIpc) is 2.98. The van der Waals surface area contributed by atoms with Gasteiger partial charge in [-0.15, -0.1) is 0 Å². The number of rotatable bonds is 4. The maximum Gasteiger partial charge on any atom is 0.237 e. The van der Waals surface area contributed by atoms with Crippen LogP contribution in [0.3, 0.4) is 0 Å². The van der Waals surface area contributed by atoms with Gasteiger partial charge in [0.25, 0.3) is 0 Å². The number of nitrogens with two attached hydrogens (primary N) is 1. The molecule has 114 valence electrons. The zero-order valence-electron chi connectivity index (χ0n) is 12.0. The van der Waals surface area contributed by atoms with Crippen LogP contribution in [0.25, 0.3) is 0 Å². The third-order valence-corrected chi connectivity index (χ3v) is 4.01. The zero-order valence-corrected chi connectivity index (χ0v) is 12.0. The van der Waals surface area contributed by atoms with Gasteiger partial charge in [0.2, 0.25) is 5.91 Å². The first-order valence-electron chi connectivity index (χ1n) is 7.03. The fourth-order valence-electron chi connectivity index (χ4n) is 2.71. The molecule has 1 aliphatic rings. The number of likely N-dealkylation sites (tertiary alicyclic amines) is 1. The molecule has 3 atom stereocenters. The lowest BCUT2D eigenvalue weighted by molar-refractivity contribution is -0.130. The van der Waals surface area contributed by atoms with E-state index < -0.39 is 12.0 Å². The molecule has 4 N–H and O–H groups in total. The van der Waals surface area contributed by atoms with E-state index in [0.29, 0.717) is 18.7 Å². The van der Waals surface area contributed by atoms with E-state index in [4.69, 9.17) is 10.9 Å². The second-order valence-electron chi connectivity index (χ2n) is 5.44. The van der Waals surface area contributed by atoms with Crippen molar-refractivity contribution < 1.29 is 15.1 Å². The molecular weight excluding hydrogens is 270 g/mol. The van der Waals surface area contributed by atoms with Crippen LogP contribution in [0, 0.1) is 5.92 Å². The van der Waals surface area contributed by atoms with E-state index in [1.165, 1.54) is 0 Å². The molecule has 0 saturated carbocycles. The molecule has 1 aromatic rings. The monoisotopic (exact) mass is 291 g/mol. The highest BCUT2D eigenvalue weighted by atomic mass is 16.4. The molecule has 1 saturated heterocycles. The number of carbonyl (C=O) groups excluding carboxylic acids is 1. The molecule has 0 aromatic heterocycles. The molecule has 1 fully saturated rings. The molecule has 0 bridgehead atoms. The van der Waals surface area contributed by atoms with Gasteiger partial charge in [-0.3, -0.25) is 4.79 Å². The number of oxime groups is 1. The van der Waals surface area contributed by atoms with Gasteiger partial charge in [-0.25, -0.2) is 0 Å². The molecule has 1 aromatic carbocycles. The fourth-order valence-corrected chi connectivity index (χ4v) is 2.71. The quantitative estimate of drug-likeness (QED) is 0.330. The highest BCUT2D eigenvalue weighted by Crippen LogP contribution is 2.25. The Bertz CT molecular complexity index is 516. The van der Waals surface area contributed by atoms with Gasteiger partial charge in [-0.05, 0) is 18.9 Å². The summed E-state index contributed by atoms with van der Waals surface area (Å²) < 4.78 is 0. The largest absolute Gasteiger partial charge is 0.409 e. The second kappa shape index (κ2) is 6.58. The minimum Gasteiger partial charge on any atom is -0.409 e. The van der Waals surface area contributed by atoms with E-state index in [1.54, 1.807) is 24.0 Å². The highest BCUT2D eigenvalue weighted by Gasteiger charge is 2.35. The summed E-state index contributed by atoms with van der Waals surface area (Å²) in [7, 11) is 0. The van der Waals surface area contributed by atoms with Crippen LogP contribution in [-0.4, -0.2) is 46.1 Å². The second-order valence-corrected chi connectivity index (χ2v) is 5.44. The first-order valence-corrected chi connectivity index (χ1v) is 7.03. The SMILES string of the molecule is CC(O)C1CCN(C(=O)C(/C(N)=N/O)c2ccccc2)C1. The minimum absolute atomic E-state index is 0.0812. The molecule has 3 unspecified atom stereocenters. The topological polar surface area (TPSA) is 99.2 Å². The summed E-state index contributed by atoms with van der Waals surface area (Å²) >= 11 is 0. The smallest absolute Gasteiger partial charge is 0.237 e. The summed E-state index contributed by atoms with van der Waals surface area (Å²) in [6.45, 7) is 2.81. The van der Waals surface area contributed by atoms with Crippen molar-refractivity contribution in [1.82, 2.24) is 4.90 Å². The van der Waals surface area contributed by atoms with E-state index in [2.05, 4.69) is 5.16 Å². The van der Waals surface area contributed by atoms with Crippen molar-refractivity contribution in [3.63, 3.8) is 0 Å². The first-order chi connectivity index (χ1) is 10.0. The Hall–Kier alpha value is -2.08. The molecule has 1 heterocycles. The van der Waals surface area contributed by atoms with Crippen LogP contribution in [-0.2, 0) is 4.79 Å². The van der Waals surface area contributed by atoms with Gasteiger partial charge in [0.15, 0.2) is 5.84 Å². The lowest BCUT2D eigenvalue weighted by Crippen LogP contribution is -2.40. The molecule has 0 aliphatic carbocycles. The van der Waals surface area contributed by atoms with Crippen molar-refractivity contribution >= 4 is 11.7 Å². The Kier molecular flexibility index (Phi) is 4.80. The van der Waals surface area contributed by atoms with E-state index in [-0.39, 0.29) is 17.7 Å². The van der Waals surface area contributed by atoms with E-state index in [1.807, 2.05) is 18.2 Å². The van der Waals surface area contributed by atoms with Crippen molar-refractivity contribution in [2.75, 3.05) is 13.1 Å². The summed E-state index contributed by atoms with van der Waals surface area (Å²) in [4.78, 5) is 14.4. The van der Waals surface area contributed by atoms with Gasteiger partial charge in [0.1, 0.15) is 5.92 Å². The van der Waals surface area contributed by atoms with Gasteiger partial charge < -0.3 is 20.9 Å². The maximum atomic E-state index is 12.7.